The lowest BCUT2D eigenvalue weighted by molar-refractivity contribution is -0.127. The first-order chi connectivity index (χ1) is 13.1. The predicted molar refractivity (Wildman–Crippen MR) is 112 cm³/mol. The number of para-hydroxylation sites is 2. The van der Waals surface area contributed by atoms with Crippen molar-refractivity contribution in [2.75, 3.05) is 19.9 Å². The molecule has 0 unspecified atom stereocenters. The van der Waals surface area contributed by atoms with Gasteiger partial charge in [-0.3, -0.25) is 4.79 Å². The maximum atomic E-state index is 12.5. The lowest BCUT2D eigenvalue weighted by Crippen LogP contribution is -2.27. The molecule has 140 valence electrons. The molecule has 3 rings (SSSR count). The molecule has 5 nitrogen and oxygen atoms in total. The number of ether oxygens (including phenoxy) is 1. The summed E-state index contributed by atoms with van der Waals surface area (Å²) in [5.41, 5.74) is 1.90. The lowest BCUT2D eigenvalue weighted by Gasteiger charge is -2.18. The second kappa shape index (κ2) is 9.16. The first-order valence-electron chi connectivity index (χ1n) is 8.22. The van der Waals surface area contributed by atoms with Gasteiger partial charge in [0, 0.05) is 19.2 Å². The van der Waals surface area contributed by atoms with E-state index >= 15 is 0 Å². The summed E-state index contributed by atoms with van der Waals surface area (Å²) in [4.78, 5) is 14.2. The van der Waals surface area contributed by atoms with Gasteiger partial charge in [-0.2, -0.15) is 0 Å². The summed E-state index contributed by atoms with van der Waals surface area (Å²) in [5, 5.41) is 4.53. The molecule has 0 aliphatic heterocycles. The summed E-state index contributed by atoms with van der Waals surface area (Å²) in [6.45, 7) is 0.498. The van der Waals surface area contributed by atoms with Crippen LogP contribution in [0.15, 0.2) is 58.9 Å². The zero-order valence-electron chi connectivity index (χ0n) is 15.0. The molecule has 1 amide bonds. The molecule has 8 heteroatoms. The van der Waals surface area contributed by atoms with E-state index in [0.717, 1.165) is 21.3 Å². The second-order valence-corrected chi connectivity index (χ2v) is 8.58. The SMILES string of the molecule is COc1ccccc1CN(C)C(=O)CSc1nn(-c2ccccc2)c(=S)s1. The van der Waals surface area contributed by atoms with Crippen molar-refractivity contribution in [3.8, 4) is 11.4 Å². The van der Waals surface area contributed by atoms with Crippen molar-refractivity contribution in [3.05, 3.63) is 64.1 Å². The Balaban J connectivity index is 1.61. The molecule has 0 fully saturated rings. The maximum Gasteiger partial charge on any atom is 0.233 e. The standard InChI is InChI=1S/C19H19N3O2S3/c1-21(12-14-8-6-7-11-16(14)24-2)17(23)13-26-18-20-22(19(25)27-18)15-9-4-3-5-10-15/h3-11H,12-13H2,1-2H3. The molecule has 0 aliphatic carbocycles. The minimum Gasteiger partial charge on any atom is -0.496 e. The van der Waals surface area contributed by atoms with Gasteiger partial charge >= 0.3 is 0 Å². The molecule has 2 aromatic carbocycles. The summed E-state index contributed by atoms with van der Waals surface area (Å²) in [7, 11) is 3.42. The predicted octanol–water partition coefficient (Wildman–Crippen LogP) is 4.42. The summed E-state index contributed by atoms with van der Waals surface area (Å²) < 4.78 is 8.52. The minimum atomic E-state index is 0.0262. The molecule has 0 spiro atoms. The number of benzene rings is 2. The highest BCUT2D eigenvalue weighted by Gasteiger charge is 2.14. The van der Waals surface area contributed by atoms with E-state index in [-0.39, 0.29) is 5.91 Å². The second-order valence-electron chi connectivity index (χ2n) is 5.73. The van der Waals surface area contributed by atoms with E-state index in [4.69, 9.17) is 17.0 Å². The number of amides is 1. The summed E-state index contributed by atoms with van der Waals surface area (Å²) >= 11 is 8.21. The van der Waals surface area contributed by atoms with Crippen molar-refractivity contribution in [3.63, 3.8) is 0 Å². The number of carbonyl (C=O) groups excluding carboxylic acids is 1. The van der Waals surface area contributed by atoms with E-state index in [1.54, 1.807) is 23.7 Å². The number of thioether (sulfide) groups is 1. The van der Waals surface area contributed by atoms with Crippen LogP contribution in [0.2, 0.25) is 0 Å². The third-order valence-corrected chi connectivity index (χ3v) is 6.23. The fraction of sp³-hybridized carbons (Fsp3) is 0.211. The number of nitrogens with zero attached hydrogens (tertiary/aromatic N) is 3. The Bertz CT molecular complexity index is 970. The first kappa shape index (κ1) is 19.6. The van der Waals surface area contributed by atoms with Crippen LogP contribution in [-0.4, -0.2) is 40.5 Å². The van der Waals surface area contributed by atoms with Gasteiger partial charge in [-0.1, -0.05) is 59.5 Å². The van der Waals surface area contributed by atoms with Crippen LogP contribution in [0.3, 0.4) is 0 Å². The monoisotopic (exact) mass is 417 g/mol. The Labute approximate surface area is 171 Å². The van der Waals surface area contributed by atoms with Crippen molar-refractivity contribution in [1.29, 1.82) is 0 Å². The van der Waals surface area contributed by atoms with E-state index in [2.05, 4.69) is 5.10 Å². The molecule has 27 heavy (non-hydrogen) atoms. The Morgan fingerprint density at radius 3 is 2.67 bits per heavy atom. The molecular formula is C19H19N3O2S3. The summed E-state index contributed by atoms with van der Waals surface area (Å²) in [6, 6.07) is 17.5. The zero-order valence-corrected chi connectivity index (χ0v) is 17.4. The maximum absolute atomic E-state index is 12.5. The first-order valence-corrected chi connectivity index (χ1v) is 10.4. The van der Waals surface area contributed by atoms with Crippen LogP contribution in [0.4, 0.5) is 0 Å². The van der Waals surface area contributed by atoms with Crippen molar-refractivity contribution >= 4 is 41.2 Å². The highest BCUT2D eigenvalue weighted by atomic mass is 32.2. The van der Waals surface area contributed by atoms with Crippen LogP contribution in [0.25, 0.3) is 5.69 Å². The Morgan fingerprint density at radius 1 is 1.22 bits per heavy atom. The molecule has 1 heterocycles. The van der Waals surface area contributed by atoms with Crippen LogP contribution in [0.1, 0.15) is 5.56 Å². The van der Waals surface area contributed by atoms with E-state index in [9.17, 15) is 4.79 Å². The van der Waals surface area contributed by atoms with Gasteiger partial charge in [0.05, 0.1) is 18.6 Å². The molecule has 0 atom stereocenters. The largest absolute Gasteiger partial charge is 0.496 e. The molecule has 0 N–H and O–H groups in total. The lowest BCUT2D eigenvalue weighted by atomic mass is 10.2. The van der Waals surface area contributed by atoms with Gasteiger partial charge in [0.15, 0.2) is 8.29 Å². The fourth-order valence-electron chi connectivity index (χ4n) is 2.46. The van der Waals surface area contributed by atoms with E-state index in [1.807, 2.05) is 54.6 Å². The van der Waals surface area contributed by atoms with Gasteiger partial charge in [-0.25, -0.2) is 4.68 Å². The van der Waals surface area contributed by atoms with Crippen molar-refractivity contribution in [1.82, 2.24) is 14.7 Å². The number of hydrogen-bond acceptors (Lipinski definition) is 6. The van der Waals surface area contributed by atoms with Crippen LogP contribution >= 0.6 is 35.3 Å². The molecule has 0 bridgehead atoms. The highest BCUT2D eigenvalue weighted by Crippen LogP contribution is 2.25. The molecule has 1 aromatic heterocycles. The number of aromatic nitrogens is 2. The normalized spacial score (nSPS) is 10.6. The minimum absolute atomic E-state index is 0.0262. The Hall–Kier alpha value is -2.16. The highest BCUT2D eigenvalue weighted by molar-refractivity contribution is 8.01. The smallest absolute Gasteiger partial charge is 0.233 e. The fourth-order valence-corrected chi connectivity index (χ4v) is 4.76. The third-order valence-electron chi connectivity index (χ3n) is 3.87. The average Bonchev–Trinajstić information content (AvgIpc) is 3.07. The van der Waals surface area contributed by atoms with Crippen LogP contribution < -0.4 is 4.74 Å². The van der Waals surface area contributed by atoms with Crippen LogP contribution in [0.5, 0.6) is 5.75 Å². The number of carbonyl (C=O) groups is 1. The molecule has 0 saturated heterocycles. The molecule has 0 aliphatic rings. The Morgan fingerprint density at radius 2 is 1.93 bits per heavy atom. The molecule has 0 saturated carbocycles. The van der Waals surface area contributed by atoms with Gasteiger partial charge in [-0.05, 0) is 30.4 Å². The van der Waals surface area contributed by atoms with Crippen molar-refractivity contribution < 1.29 is 9.53 Å². The van der Waals surface area contributed by atoms with E-state index in [1.165, 1.54) is 23.1 Å². The van der Waals surface area contributed by atoms with Gasteiger partial charge in [0.1, 0.15) is 5.75 Å². The average molecular weight is 418 g/mol. The van der Waals surface area contributed by atoms with Gasteiger partial charge in [0.25, 0.3) is 0 Å². The van der Waals surface area contributed by atoms with E-state index in [0.29, 0.717) is 16.3 Å². The molecular weight excluding hydrogens is 398 g/mol. The van der Waals surface area contributed by atoms with E-state index < -0.39 is 0 Å². The van der Waals surface area contributed by atoms with Gasteiger partial charge in [0.2, 0.25) is 5.91 Å². The Kier molecular flexibility index (Phi) is 6.65. The van der Waals surface area contributed by atoms with Gasteiger partial charge < -0.3 is 9.64 Å². The summed E-state index contributed by atoms with van der Waals surface area (Å²) in [5.74, 6) is 1.12. The summed E-state index contributed by atoms with van der Waals surface area (Å²) in [6.07, 6.45) is 0. The quantitative estimate of drug-likeness (QED) is 0.421. The van der Waals surface area contributed by atoms with Gasteiger partial charge in [-0.15, -0.1) is 5.10 Å². The third kappa shape index (κ3) is 4.97. The van der Waals surface area contributed by atoms with Crippen LogP contribution in [-0.2, 0) is 11.3 Å². The van der Waals surface area contributed by atoms with Crippen molar-refractivity contribution in [2.45, 2.75) is 10.9 Å². The zero-order chi connectivity index (χ0) is 19.2. The number of rotatable bonds is 7. The van der Waals surface area contributed by atoms with Crippen LogP contribution in [0, 0.1) is 3.95 Å². The topological polar surface area (TPSA) is 47.4 Å². The number of hydrogen-bond donors (Lipinski definition) is 0. The molecule has 3 aromatic rings. The number of methoxy groups -OCH3 is 1. The van der Waals surface area contributed by atoms with Crippen molar-refractivity contribution in [2.24, 2.45) is 0 Å². The molecule has 0 radical (unpaired) electrons.